The molecule has 0 aliphatic carbocycles. The molecule has 1 aromatic rings. The number of rotatable bonds is 4. The molecule has 0 bridgehead atoms. The van der Waals surface area contributed by atoms with Crippen molar-refractivity contribution in [2.24, 2.45) is 5.10 Å². The van der Waals surface area contributed by atoms with Crippen LogP contribution in [0.5, 0.6) is 11.5 Å². The highest BCUT2D eigenvalue weighted by molar-refractivity contribution is 6.34. The van der Waals surface area contributed by atoms with Crippen LogP contribution in [0.15, 0.2) is 17.2 Å². The van der Waals surface area contributed by atoms with Crippen molar-refractivity contribution in [2.45, 2.75) is 0 Å². The summed E-state index contributed by atoms with van der Waals surface area (Å²) in [6.45, 7) is 0. The van der Waals surface area contributed by atoms with Crippen molar-refractivity contribution in [2.75, 3.05) is 21.3 Å². The first-order valence-electron chi connectivity index (χ1n) is 5.09. The van der Waals surface area contributed by atoms with Crippen LogP contribution in [0.2, 0.25) is 5.02 Å². The molecular formula is C11H15ClN4O2. The number of nitrogens with zero attached hydrogens (tertiary/aromatic N) is 1. The smallest absolute Gasteiger partial charge is 0.208 e. The van der Waals surface area contributed by atoms with Crippen molar-refractivity contribution in [3.63, 3.8) is 0 Å². The fraction of sp³-hybridized carbons (Fsp3) is 0.273. The largest absolute Gasteiger partial charge is 0.493 e. The summed E-state index contributed by atoms with van der Waals surface area (Å²) in [7, 11) is 4.67. The standard InChI is InChI=1S/C11H15ClN4O2/c1-14-11(13)16-15-6-7-4-5-8(17-2)10(18-3)9(7)12/h4-6H,1-3H3,(H3,13,14,16). The lowest BCUT2D eigenvalue weighted by atomic mass is 10.2. The first kappa shape index (κ1) is 14.1. The zero-order chi connectivity index (χ0) is 13.5. The predicted octanol–water partition coefficient (Wildman–Crippen LogP) is 1.43. The van der Waals surface area contributed by atoms with Gasteiger partial charge in [0.2, 0.25) is 5.96 Å². The molecule has 0 radical (unpaired) electrons. The summed E-state index contributed by atoms with van der Waals surface area (Å²) < 4.78 is 10.3. The maximum Gasteiger partial charge on any atom is 0.208 e. The minimum atomic E-state index is 0.0860. The molecule has 0 aromatic heterocycles. The minimum absolute atomic E-state index is 0.0860. The van der Waals surface area contributed by atoms with Gasteiger partial charge in [-0.1, -0.05) is 11.6 Å². The Labute approximate surface area is 110 Å². The SMILES string of the molecule is CNC(=N)NN=Cc1ccc(OC)c(OC)c1Cl. The number of nitrogens with one attached hydrogen (secondary N) is 3. The zero-order valence-corrected chi connectivity index (χ0v) is 11.1. The zero-order valence-electron chi connectivity index (χ0n) is 10.4. The van der Waals surface area contributed by atoms with Crippen LogP contribution in [0.3, 0.4) is 0 Å². The lowest BCUT2D eigenvalue weighted by molar-refractivity contribution is 0.355. The third-order valence-corrected chi connectivity index (χ3v) is 2.53. The minimum Gasteiger partial charge on any atom is -0.493 e. The second-order valence-corrected chi connectivity index (χ2v) is 3.58. The molecule has 0 saturated carbocycles. The maximum atomic E-state index is 7.29. The second kappa shape index (κ2) is 6.70. The van der Waals surface area contributed by atoms with Gasteiger partial charge in [-0.2, -0.15) is 5.10 Å². The van der Waals surface area contributed by atoms with E-state index in [1.54, 1.807) is 19.2 Å². The molecule has 1 aromatic carbocycles. The molecular weight excluding hydrogens is 256 g/mol. The summed E-state index contributed by atoms with van der Waals surface area (Å²) in [4.78, 5) is 0. The van der Waals surface area contributed by atoms with Gasteiger partial charge in [0.25, 0.3) is 0 Å². The summed E-state index contributed by atoms with van der Waals surface area (Å²) in [5.41, 5.74) is 3.14. The first-order chi connectivity index (χ1) is 8.63. The van der Waals surface area contributed by atoms with Gasteiger partial charge >= 0.3 is 0 Å². The molecule has 3 N–H and O–H groups in total. The number of hydrogen-bond acceptors (Lipinski definition) is 4. The lowest BCUT2D eigenvalue weighted by Gasteiger charge is -2.10. The van der Waals surface area contributed by atoms with E-state index in [-0.39, 0.29) is 5.96 Å². The van der Waals surface area contributed by atoms with E-state index in [0.717, 1.165) is 0 Å². The normalized spacial score (nSPS) is 10.2. The Bertz CT molecular complexity index is 463. The van der Waals surface area contributed by atoms with Crippen molar-refractivity contribution in [1.29, 1.82) is 5.41 Å². The molecule has 0 aliphatic heterocycles. The fourth-order valence-electron chi connectivity index (χ4n) is 1.23. The van der Waals surface area contributed by atoms with E-state index in [0.29, 0.717) is 22.1 Å². The molecule has 0 atom stereocenters. The highest BCUT2D eigenvalue weighted by atomic mass is 35.5. The van der Waals surface area contributed by atoms with Crippen molar-refractivity contribution < 1.29 is 9.47 Å². The molecule has 1 rings (SSSR count). The van der Waals surface area contributed by atoms with Gasteiger partial charge in [0.15, 0.2) is 11.5 Å². The van der Waals surface area contributed by atoms with Gasteiger partial charge in [-0.3, -0.25) is 5.41 Å². The molecule has 0 aliphatic rings. The van der Waals surface area contributed by atoms with E-state index in [1.807, 2.05) is 0 Å². The number of benzene rings is 1. The molecule has 0 saturated heterocycles. The number of halogens is 1. The van der Waals surface area contributed by atoms with Gasteiger partial charge in [0.1, 0.15) is 0 Å². The molecule has 0 heterocycles. The monoisotopic (exact) mass is 270 g/mol. The Kier molecular flexibility index (Phi) is 5.26. The fourth-order valence-corrected chi connectivity index (χ4v) is 1.51. The molecule has 98 valence electrons. The average molecular weight is 271 g/mol. The van der Waals surface area contributed by atoms with Gasteiger partial charge in [-0.05, 0) is 12.1 Å². The Balaban J connectivity index is 2.94. The van der Waals surface area contributed by atoms with Gasteiger partial charge in [0, 0.05) is 12.6 Å². The van der Waals surface area contributed by atoms with Crippen LogP contribution >= 0.6 is 11.6 Å². The van der Waals surface area contributed by atoms with Crippen molar-refractivity contribution in [3.8, 4) is 11.5 Å². The van der Waals surface area contributed by atoms with E-state index in [9.17, 15) is 0 Å². The molecule has 0 fully saturated rings. The summed E-state index contributed by atoms with van der Waals surface area (Å²) in [5.74, 6) is 1.09. The molecule has 6 nitrogen and oxygen atoms in total. The Morgan fingerprint density at radius 3 is 2.67 bits per heavy atom. The summed E-state index contributed by atoms with van der Waals surface area (Å²) in [6.07, 6.45) is 1.50. The first-order valence-corrected chi connectivity index (χ1v) is 5.47. The highest BCUT2D eigenvalue weighted by Crippen LogP contribution is 2.36. The number of hydrogen-bond donors (Lipinski definition) is 3. The van der Waals surface area contributed by atoms with Gasteiger partial charge in [-0.25, -0.2) is 5.43 Å². The van der Waals surface area contributed by atoms with Crippen LogP contribution in [0.25, 0.3) is 0 Å². The van der Waals surface area contributed by atoms with E-state index < -0.39 is 0 Å². The Morgan fingerprint density at radius 1 is 1.39 bits per heavy atom. The van der Waals surface area contributed by atoms with E-state index in [4.69, 9.17) is 26.5 Å². The van der Waals surface area contributed by atoms with Crippen LogP contribution in [-0.4, -0.2) is 33.4 Å². The van der Waals surface area contributed by atoms with Gasteiger partial charge in [0.05, 0.1) is 25.5 Å². The quantitative estimate of drug-likeness (QED) is 0.439. The average Bonchev–Trinajstić information content (AvgIpc) is 2.39. The van der Waals surface area contributed by atoms with Crippen LogP contribution < -0.4 is 20.2 Å². The Morgan fingerprint density at radius 2 is 2.11 bits per heavy atom. The van der Waals surface area contributed by atoms with Crippen LogP contribution in [-0.2, 0) is 0 Å². The lowest BCUT2D eigenvalue weighted by Crippen LogP contribution is -2.29. The topological polar surface area (TPSA) is 78.7 Å². The molecule has 0 amide bonds. The summed E-state index contributed by atoms with van der Waals surface area (Å²) >= 11 is 6.15. The Hall–Kier alpha value is -1.95. The number of guanidine groups is 1. The molecule has 7 heteroatoms. The number of hydrazone groups is 1. The van der Waals surface area contributed by atoms with Crippen molar-refractivity contribution in [1.82, 2.24) is 10.7 Å². The van der Waals surface area contributed by atoms with E-state index in [2.05, 4.69) is 15.8 Å². The molecule has 0 unspecified atom stereocenters. The van der Waals surface area contributed by atoms with Crippen LogP contribution in [0.4, 0.5) is 0 Å². The van der Waals surface area contributed by atoms with Crippen LogP contribution in [0, 0.1) is 5.41 Å². The third kappa shape index (κ3) is 3.27. The van der Waals surface area contributed by atoms with Crippen LogP contribution in [0.1, 0.15) is 5.56 Å². The van der Waals surface area contributed by atoms with Crippen molar-refractivity contribution in [3.05, 3.63) is 22.7 Å². The third-order valence-electron chi connectivity index (χ3n) is 2.14. The number of methoxy groups -OCH3 is 2. The molecule has 0 spiro atoms. The van der Waals surface area contributed by atoms with Crippen molar-refractivity contribution >= 4 is 23.8 Å². The highest BCUT2D eigenvalue weighted by Gasteiger charge is 2.11. The predicted molar refractivity (Wildman–Crippen MR) is 72.1 cm³/mol. The van der Waals surface area contributed by atoms with E-state index in [1.165, 1.54) is 20.4 Å². The summed E-state index contributed by atoms with van der Waals surface area (Å²) in [6, 6.07) is 3.48. The van der Waals surface area contributed by atoms with Gasteiger partial charge < -0.3 is 14.8 Å². The van der Waals surface area contributed by atoms with E-state index >= 15 is 0 Å². The maximum absolute atomic E-state index is 7.29. The van der Waals surface area contributed by atoms with Gasteiger partial charge in [-0.15, -0.1) is 0 Å². The molecule has 18 heavy (non-hydrogen) atoms. The number of ether oxygens (including phenoxy) is 2. The second-order valence-electron chi connectivity index (χ2n) is 3.20. The summed E-state index contributed by atoms with van der Waals surface area (Å²) in [5, 5.41) is 14.1.